The zero-order valence-electron chi connectivity index (χ0n) is 10.2. The minimum Gasteiger partial charge on any atom is -0.395 e. The fraction of sp³-hybridized carbons (Fsp3) is 0.500. The highest BCUT2D eigenvalue weighted by Crippen LogP contribution is 2.40. The summed E-state index contributed by atoms with van der Waals surface area (Å²) in [5, 5.41) is 12.2. The average Bonchev–Trinajstić information content (AvgIpc) is 2.27. The van der Waals surface area contributed by atoms with Crippen molar-refractivity contribution in [2.75, 3.05) is 6.61 Å². The van der Waals surface area contributed by atoms with Gasteiger partial charge in [-0.3, -0.25) is 4.79 Å². The number of aliphatic hydroxyl groups is 1. The van der Waals surface area contributed by atoms with Gasteiger partial charge in [0.25, 0.3) is 0 Å². The van der Waals surface area contributed by atoms with Crippen molar-refractivity contribution in [1.29, 1.82) is 0 Å². The smallest absolute Gasteiger partial charge is 0.228 e. The molecule has 0 unspecified atom stereocenters. The van der Waals surface area contributed by atoms with Gasteiger partial charge in [-0.1, -0.05) is 36.2 Å². The molecule has 0 heterocycles. The molecule has 0 bridgehead atoms. The summed E-state index contributed by atoms with van der Waals surface area (Å²) in [5.74, 6) is -0.00757. The Kier molecular flexibility index (Phi) is 3.48. The minimum atomic E-state index is -0.495. The van der Waals surface area contributed by atoms with Crippen LogP contribution in [-0.2, 0) is 11.3 Å². The van der Waals surface area contributed by atoms with E-state index in [0.717, 1.165) is 24.8 Å². The summed E-state index contributed by atoms with van der Waals surface area (Å²) in [4.78, 5) is 11.9. The number of carbonyl (C=O) groups excluding carboxylic acids is 1. The van der Waals surface area contributed by atoms with Crippen molar-refractivity contribution in [3.63, 3.8) is 0 Å². The van der Waals surface area contributed by atoms with E-state index in [0.29, 0.717) is 6.54 Å². The normalized spacial score (nSPS) is 17.3. The van der Waals surface area contributed by atoms with Crippen LogP contribution in [0.2, 0.25) is 0 Å². The molecule has 1 saturated carbocycles. The van der Waals surface area contributed by atoms with Crippen LogP contribution in [0.1, 0.15) is 30.4 Å². The maximum absolute atomic E-state index is 11.9. The molecule has 0 atom stereocenters. The van der Waals surface area contributed by atoms with Crippen molar-refractivity contribution in [3.8, 4) is 0 Å². The first-order chi connectivity index (χ1) is 8.16. The molecule has 2 rings (SSSR count). The van der Waals surface area contributed by atoms with Crippen molar-refractivity contribution in [3.05, 3.63) is 35.4 Å². The Morgan fingerprint density at radius 1 is 1.35 bits per heavy atom. The van der Waals surface area contributed by atoms with Crippen LogP contribution in [0.5, 0.6) is 0 Å². The third kappa shape index (κ3) is 2.50. The molecule has 0 aliphatic heterocycles. The average molecular weight is 233 g/mol. The highest BCUT2D eigenvalue weighted by atomic mass is 16.3. The quantitative estimate of drug-likeness (QED) is 0.832. The first-order valence-corrected chi connectivity index (χ1v) is 6.11. The van der Waals surface area contributed by atoms with E-state index in [1.165, 1.54) is 5.56 Å². The van der Waals surface area contributed by atoms with Gasteiger partial charge >= 0.3 is 0 Å². The second kappa shape index (κ2) is 4.88. The Morgan fingerprint density at radius 3 is 2.47 bits per heavy atom. The van der Waals surface area contributed by atoms with Crippen LogP contribution in [-0.4, -0.2) is 17.6 Å². The highest BCUT2D eigenvalue weighted by Gasteiger charge is 2.43. The lowest BCUT2D eigenvalue weighted by Crippen LogP contribution is -2.47. The number of hydrogen-bond donors (Lipinski definition) is 2. The Labute approximate surface area is 102 Å². The standard InChI is InChI=1S/C14H19NO2/c1-11-3-5-12(6-4-11)9-15-13(17)14(10-16)7-2-8-14/h3-6,16H,2,7-10H2,1H3,(H,15,17). The van der Waals surface area contributed by atoms with E-state index in [9.17, 15) is 9.90 Å². The fourth-order valence-corrected chi connectivity index (χ4v) is 2.14. The fourth-order valence-electron chi connectivity index (χ4n) is 2.14. The molecule has 0 radical (unpaired) electrons. The van der Waals surface area contributed by atoms with E-state index in [-0.39, 0.29) is 12.5 Å². The molecule has 0 aromatic heterocycles. The first-order valence-electron chi connectivity index (χ1n) is 6.11. The van der Waals surface area contributed by atoms with Crippen LogP contribution in [0.3, 0.4) is 0 Å². The molecule has 3 heteroatoms. The molecule has 2 N–H and O–H groups in total. The lowest BCUT2D eigenvalue weighted by Gasteiger charge is -2.38. The zero-order chi connectivity index (χ0) is 12.3. The first kappa shape index (κ1) is 12.1. The summed E-state index contributed by atoms with van der Waals surface area (Å²) in [6.45, 7) is 2.55. The summed E-state index contributed by atoms with van der Waals surface area (Å²) in [6.07, 6.45) is 2.66. The molecule has 1 fully saturated rings. The van der Waals surface area contributed by atoms with Gasteiger partial charge in [-0.05, 0) is 25.3 Å². The summed E-state index contributed by atoms with van der Waals surface area (Å²) in [6, 6.07) is 8.10. The molecule has 17 heavy (non-hydrogen) atoms. The molecular formula is C14H19NO2. The topological polar surface area (TPSA) is 49.3 Å². The van der Waals surface area contributed by atoms with Crippen LogP contribution >= 0.6 is 0 Å². The van der Waals surface area contributed by atoms with Crippen LogP contribution in [0.25, 0.3) is 0 Å². The van der Waals surface area contributed by atoms with Crippen molar-refractivity contribution in [2.24, 2.45) is 5.41 Å². The van der Waals surface area contributed by atoms with Crippen LogP contribution < -0.4 is 5.32 Å². The molecule has 1 amide bonds. The maximum atomic E-state index is 11.9. The molecule has 1 aliphatic carbocycles. The SMILES string of the molecule is Cc1ccc(CNC(=O)C2(CO)CCC2)cc1. The zero-order valence-corrected chi connectivity index (χ0v) is 10.2. The molecule has 92 valence electrons. The van der Waals surface area contributed by atoms with E-state index < -0.39 is 5.41 Å². The van der Waals surface area contributed by atoms with E-state index in [1.807, 2.05) is 31.2 Å². The van der Waals surface area contributed by atoms with Crippen molar-refractivity contribution >= 4 is 5.91 Å². The number of hydrogen-bond acceptors (Lipinski definition) is 2. The van der Waals surface area contributed by atoms with Crippen molar-refractivity contribution in [2.45, 2.75) is 32.7 Å². The number of benzene rings is 1. The van der Waals surface area contributed by atoms with Crippen LogP contribution in [0, 0.1) is 12.3 Å². The van der Waals surface area contributed by atoms with Gasteiger partial charge in [0, 0.05) is 6.54 Å². The number of amides is 1. The van der Waals surface area contributed by atoms with Gasteiger partial charge in [0.1, 0.15) is 0 Å². The number of aryl methyl sites for hydroxylation is 1. The number of carbonyl (C=O) groups is 1. The summed E-state index contributed by atoms with van der Waals surface area (Å²) in [5.41, 5.74) is 1.81. The van der Waals surface area contributed by atoms with Gasteiger partial charge < -0.3 is 10.4 Å². The predicted molar refractivity (Wildman–Crippen MR) is 66.4 cm³/mol. The van der Waals surface area contributed by atoms with E-state index in [2.05, 4.69) is 5.32 Å². The van der Waals surface area contributed by atoms with E-state index in [1.54, 1.807) is 0 Å². The Hall–Kier alpha value is -1.35. The third-order valence-electron chi connectivity index (χ3n) is 3.67. The van der Waals surface area contributed by atoms with Gasteiger partial charge in [-0.2, -0.15) is 0 Å². The maximum Gasteiger partial charge on any atom is 0.228 e. The lowest BCUT2D eigenvalue weighted by molar-refractivity contribution is -0.139. The second-order valence-corrected chi connectivity index (χ2v) is 4.96. The van der Waals surface area contributed by atoms with E-state index in [4.69, 9.17) is 0 Å². The Bertz CT molecular complexity index is 388. The summed E-state index contributed by atoms with van der Waals surface area (Å²) >= 11 is 0. The molecule has 0 spiro atoms. The molecule has 1 aliphatic rings. The molecule has 0 saturated heterocycles. The summed E-state index contributed by atoms with van der Waals surface area (Å²) < 4.78 is 0. The van der Waals surface area contributed by atoms with Gasteiger partial charge in [-0.25, -0.2) is 0 Å². The van der Waals surface area contributed by atoms with Crippen LogP contribution in [0.15, 0.2) is 24.3 Å². The number of rotatable bonds is 4. The van der Waals surface area contributed by atoms with Crippen molar-refractivity contribution in [1.82, 2.24) is 5.32 Å². The van der Waals surface area contributed by atoms with Gasteiger partial charge in [0.2, 0.25) is 5.91 Å². The van der Waals surface area contributed by atoms with Gasteiger partial charge in [0.05, 0.1) is 12.0 Å². The Balaban J connectivity index is 1.90. The van der Waals surface area contributed by atoms with E-state index >= 15 is 0 Å². The summed E-state index contributed by atoms with van der Waals surface area (Å²) in [7, 11) is 0. The predicted octanol–water partition coefficient (Wildman–Crippen LogP) is 1.77. The molecule has 1 aromatic carbocycles. The second-order valence-electron chi connectivity index (χ2n) is 4.96. The van der Waals surface area contributed by atoms with Crippen LogP contribution in [0.4, 0.5) is 0 Å². The van der Waals surface area contributed by atoms with Gasteiger partial charge in [-0.15, -0.1) is 0 Å². The monoisotopic (exact) mass is 233 g/mol. The largest absolute Gasteiger partial charge is 0.395 e. The lowest BCUT2D eigenvalue weighted by atomic mass is 9.68. The molecular weight excluding hydrogens is 214 g/mol. The molecule has 1 aromatic rings. The highest BCUT2D eigenvalue weighted by molar-refractivity contribution is 5.83. The third-order valence-corrected chi connectivity index (χ3v) is 3.67. The number of nitrogens with one attached hydrogen (secondary N) is 1. The van der Waals surface area contributed by atoms with Gasteiger partial charge in [0.15, 0.2) is 0 Å². The number of aliphatic hydroxyl groups excluding tert-OH is 1. The molecule has 3 nitrogen and oxygen atoms in total. The Morgan fingerprint density at radius 2 is 2.00 bits per heavy atom. The minimum absolute atomic E-state index is 0.00757. The van der Waals surface area contributed by atoms with Crippen molar-refractivity contribution < 1.29 is 9.90 Å².